The third kappa shape index (κ3) is 10.6. The highest BCUT2D eigenvalue weighted by molar-refractivity contribution is 6.14. The average molecular weight is 1270 g/mol. The van der Waals surface area contributed by atoms with Crippen molar-refractivity contribution in [3.63, 3.8) is 0 Å². The van der Waals surface area contributed by atoms with E-state index in [9.17, 15) is 0 Å². The second-order valence-electron chi connectivity index (χ2n) is 27.1. The van der Waals surface area contributed by atoms with Crippen molar-refractivity contribution in [3.8, 4) is 33.8 Å². The summed E-state index contributed by atoms with van der Waals surface area (Å²) in [4.78, 5) is 9.55. The predicted octanol–water partition coefficient (Wildman–Crippen LogP) is 22.3. The lowest BCUT2D eigenvalue weighted by atomic mass is 9.95. The number of hydrogen-bond donors (Lipinski definition) is 0. The Balaban J connectivity index is 0.000000117. The number of aryl methyl sites for hydroxylation is 6. The fourth-order valence-corrected chi connectivity index (χ4v) is 14.7. The van der Waals surface area contributed by atoms with Gasteiger partial charge in [-0.15, -0.1) is 0 Å². The molecule has 8 heteroatoms. The van der Waals surface area contributed by atoms with Gasteiger partial charge >= 0.3 is 0 Å². The normalized spacial score (nSPS) is 12.7. The van der Waals surface area contributed by atoms with Gasteiger partial charge in [0.25, 0.3) is 0 Å². The molecule has 97 heavy (non-hydrogen) atoms. The Morgan fingerprint density at radius 2 is 0.763 bits per heavy atom. The van der Waals surface area contributed by atoms with E-state index in [0.717, 1.165) is 148 Å². The minimum atomic E-state index is -1.38. The molecule has 8 nitrogen and oxygen atoms in total. The van der Waals surface area contributed by atoms with E-state index in [1.165, 1.54) is 38.4 Å². The van der Waals surface area contributed by atoms with E-state index in [-0.39, 0.29) is 5.92 Å². The van der Waals surface area contributed by atoms with Gasteiger partial charge < -0.3 is 13.3 Å². The summed E-state index contributed by atoms with van der Waals surface area (Å²) in [6, 6.07) is 72.1. The zero-order valence-corrected chi connectivity index (χ0v) is 57.0. The van der Waals surface area contributed by atoms with Crippen molar-refractivity contribution < 1.29 is 31.1 Å². The van der Waals surface area contributed by atoms with E-state index in [2.05, 4.69) is 246 Å². The van der Waals surface area contributed by atoms with E-state index < -0.39 is 12.3 Å². The van der Waals surface area contributed by atoms with Crippen molar-refractivity contribution in [1.29, 1.82) is 0 Å². The second-order valence-corrected chi connectivity index (χ2v) is 27.1. The van der Waals surface area contributed by atoms with Crippen LogP contribution in [-0.2, 0) is 27.5 Å². The van der Waals surface area contributed by atoms with E-state index in [1.54, 1.807) is 0 Å². The summed E-state index contributed by atoms with van der Waals surface area (Å²) < 4.78 is 51.1. The van der Waals surface area contributed by atoms with Crippen molar-refractivity contribution in [2.45, 2.75) is 80.5 Å². The molecule has 8 aromatic heterocycles. The summed E-state index contributed by atoms with van der Waals surface area (Å²) in [6.45, 7) is 18.6. The second kappa shape index (κ2) is 24.0. The molecule has 0 unspecified atom stereocenters. The molecule has 0 spiro atoms. The minimum Gasteiger partial charge on any atom is -0.456 e. The molecule has 0 aliphatic heterocycles. The van der Waals surface area contributed by atoms with Crippen LogP contribution in [0.15, 0.2) is 238 Å². The fraction of sp³-hybridized carbons (Fsp3) is 0.180. The van der Waals surface area contributed by atoms with Gasteiger partial charge in [0.1, 0.15) is 43.5 Å². The Kier molecular flexibility index (Phi) is 14.2. The van der Waals surface area contributed by atoms with Crippen LogP contribution in [-0.4, -0.2) is 9.97 Å². The SMILES string of the molecule is Cc1c(-c2c3ccc(C(C)C)cc3cc[n+]2C)ccc2c1oc1nc3ccccc3cc12.[2H]C(C)(C)c1ccc2c(-c3ccc4c(oc5nc6ccccc6cc54)c3C)[n+](C)ccc2c1.[2H]C([2H])(c1ccc2c(-c3ccc4c(oc5cc6ccccc6cc54)c3C)[n+](C)ccc2c1)C(C)C. The monoisotopic (exact) mass is 1270 g/mol. The zero-order chi connectivity index (χ0) is 69.4. The lowest BCUT2D eigenvalue weighted by molar-refractivity contribution is -0.659. The molecule has 18 rings (SSSR count). The Morgan fingerprint density at radius 3 is 1.24 bits per heavy atom. The lowest BCUT2D eigenvalue weighted by Gasteiger charge is -2.11. The smallest absolute Gasteiger partial charge is 0.227 e. The maximum absolute atomic E-state index is 8.54. The molecule has 0 fully saturated rings. The van der Waals surface area contributed by atoms with Crippen LogP contribution in [0.4, 0.5) is 0 Å². The quantitative estimate of drug-likeness (QED) is 0.149. The first-order valence-electron chi connectivity index (χ1n) is 35.1. The summed E-state index contributed by atoms with van der Waals surface area (Å²) in [7, 11) is 6.25. The van der Waals surface area contributed by atoms with Crippen molar-refractivity contribution in [3.05, 3.63) is 258 Å². The number of rotatable bonds is 7. The highest BCUT2D eigenvalue weighted by Crippen LogP contribution is 2.42. The predicted molar refractivity (Wildman–Crippen MR) is 403 cm³/mol. The molecule has 10 aromatic carbocycles. The van der Waals surface area contributed by atoms with Crippen LogP contribution >= 0.6 is 0 Å². The van der Waals surface area contributed by atoms with Gasteiger partial charge in [0.2, 0.25) is 28.5 Å². The molecule has 0 aliphatic rings. The van der Waals surface area contributed by atoms with Gasteiger partial charge in [-0.05, 0) is 179 Å². The largest absolute Gasteiger partial charge is 0.456 e. The van der Waals surface area contributed by atoms with Crippen LogP contribution in [0.3, 0.4) is 0 Å². The topological polar surface area (TPSA) is 76.8 Å². The molecule has 0 radical (unpaired) electrons. The molecule has 18 aromatic rings. The van der Waals surface area contributed by atoms with Gasteiger partial charge in [-0.2, -0.15) is 0 Å². The Labute approximate surface area is 568 Å². The number of benzene rings is 10. The van der Waals surface area contributed by atoms with Crippen molar-refractivity contribution in [2.75, 3.05) is 0 Å². The standard InChI is InChI=1S/C31H28NO.2C29H25N2O/c1-19(2)15-21-9-10-26-24(16-21)13-14-32(4)30(26)25-11-12-27-28-17-22-7-5-6-8-23(22)18-29(28)33-31(27)20(25)3;2*1-17(2)19-9-10-23-20(15-19)13-14-31(4)27(23)22-11-12-24-25-16-21-7-5-6-8-26(21)30-29(25)32-28(24)18(22)3/h5-14,16-19H,15H2,1-4H3;2*5-17H,1-4H3/q3*+1/i15D2;17D;. The molecule has 0 bridgehead atoms. The van der Waals surface area contributed by atoms with Crippen LogP contribution < -0.4 is 13.7 Å². The number of furan rings is 3. The molecule has 0 aliphatic carbocycles. The van der Waals surface area contributed by atoms with Gasteiger partial charge in [-0.3, -0.25) is 0 Å². The van der Waals surface area contributed by atoms with Crippen LogP contribution in [0.25, 0.3) is 165 Å². The van der Waals surface area contributed by atoms with Crippen LogP contribution in [0.5, 0.6) is 0 Å². The molecular formula is C89H78N5O3+3. The third-order valence-electron chi connectivity index (χ3n) is 19.8. The summed E-state index contributed by atoms with van der Waals surface area (Å²) in [6.07, 6.45) is 4.92. The third-order valence-corrected chi connectivity index (χ3v) is 19.8. The van der Waals surface area contributed by atoms with Gasteiger partial charge in [0.15, 0.2) is 18.6 Å². The number of hydrogen-bond acceptors (Lipinski definition) is 5. The fourth-order valence-electron chi connectivity index (χ4n) is 14.7. The molecule has 8 heterocycles. The maximum Gasteiger partial charge on any atom is 0.227 e. The lowest BCUT2D eigenvalue weighted by Crippen LogP contribution is -2.30. The van der Waals surface area contributed by atoms with Gasteiger partial charge in [0.05, 0.1) is 43.9 Å². The molecule has 0 N–H and O–H groups in total. The van der Waals surface area contributed by atoms with E-state index in [4.69, 9.17) is 27.3 Å². The highest BCUT2D eigenvalue weighted by Gasteiger charge is 2.26. The number of fused-ring (bicyclic) bond motifs is 15. The minimum absolute atomic E-state index is 0.103. The summed E-state index contributed by atoms with van der Waals surface area (Å²) >= 11 is 0. The zero-order valence-electron chi connectivity index (χ0n) is 60.0. The van der Waals surface area contributed by atoms with Crippen molar-refractivity contribution in [2.24, 2.45) is 27.1 Å². The summed E-state index contributed by atoms with van der Waals surface area (Å²) in [5, 5.41) is 18.2. The van der Waals surface area contributed by atoms with E-state index in [1.807, 2.05) is 76.2 Å². The maximum atomic E-state index is 8.54. The van der Waals surface area contributed by atoms with Crippen molar-refractivity contribution >= 4 is 131 Å². The van der Waals surface area contributed by atoms with E-state index >= 15 is 0 Å². The van der Waals surface area contributed by atoms with Gasteiger partial charge in [-0.1, -0.05) is 139 Å². The molecule has 0 saturated heterocycles. The van der Waals surface area contributed by atoms with E-state index in [0.29, 0.717) is 17.3 Å². The first-order valence-corrected chi connectivity index (χ1v) is 33.6. The molecule has 0 amide bonds. The number of para-hydroxylation sites is 2. The van der Waals surface area contributed by atoms with Crippen LogP contribution in [0.2, 0.25) is 0 Å². The summed E-state index contributed by atoms with van der Waals surface area (Å²) in [5.74, 6) is -0.228. The Bertz CT molecular complexity index is 6410. The Hall–Kier alpha value is -11.1. The first kappa shape index (κ1) is 57.4. The van der Waals surface area contributed by atoms with Crippen LogP contribution in [0.1, 0.15) is 90.8 Å². The molecule has 0 atom stereocenters. The van der Waals surface area contributed by atoms with Gasteiger partial charge in [-0.25, -0.2) is 23.7 Å². The van der Waals surface area contributed by atoms with Crippen LogP contribution in [0, 0.1) is 26.7 Å². The molecular weight excluding hydrogens is 1190 g/mol. The first-order chi connectivity index (χ1) is 48.1. The number of pyridine rings is 5. The molecule has 0 saturated carbocycles. The average Bonchev–Trinajstić information content (AvgIpc) is 1.51. The van der Waals surface area contributed by atoms with Crippen molar-refractivity contribution in [1.82, 2.24) is 9.97 Å². The number of nitrogens with zero attached hydrogens (tertiary/aromatic N) is 5. The molecule has 474 valence electrons. The highest BCUT2D eigenvalue weighted by atomic mass is 16.3. The summed E-state index contributed by atoms with van der Waals surface area (Å²) in [5.41, 5.74) is 20.2. The Morgan fingerprint density at radius 1 is 0.371 bits per heavy atom. The van der Waals surface area contributed by atoms with Gasteiger partial charge in [0, 0.05) is 82.1 Å². The number of aromatic nitrogens is 5.